The van der Waals surface area contributed by atoms with Gasteiger partial charge >= 0.3 is 0 Å². The average Bonchev–Trinajstić information content (AvgIpc) is 3.42. The second-order valence-corrected chi connectivity index (χ2v) is 8.40. The summed E-state index contributed by atoms with van der Waals surface area (Å²) in [4.78, 5) is 14.6. The number of carbonyl (C=O) groups is 1. The first-order valence-electron chi connectivity index (χ1n) is 8.67. The van der Waals surface area contributed by atoms with E-state index >= 15 is 0 Å². The van der Waals surface area contributed by atoms with Gasteiger partial charge in [0.1, 0.15) is 0 Å². The van der Waals surface area contributed by atoms with E-state index in [1.54, 1.807) is 0 Å². The number of hydrogen-bond acceptors (Lipinski definition) is 6. The van der Waals surface area contributed by atoms with Gasteiger partial charge in [-0.15, -0.1) is 10.2 Å². The Bertz CT molecular complexity index is 789. The number of amides is 1. The summed E-state index contributed by atoms with van der Waals surface area (Å²) in [5.41, 5.74) is 0.844. The van der Waals surface area contributed by atoms with Crippen molar-refractivity contribution in [1.82, 2.24) is 14.8 Å². The van der Waals surface area contributed by atoms with Crippen LogP contribution in [0.5, 0.6) is 0 Å². The molecule has 9 heteroatoms. The van der Waals surface area contributed by atoms with Crippen LogP contribution >= 0.6 is 34.4 Å². The average molecular weight is 485 g/mol. The van der Waals surface area contributed by atoms with Crippen molar-refractivity contribution < 1.29 is 9.53 Å². The number of carbonyl (C=O) groups excluding carboxylic acids is 1. The van der Waals surface area contributed by atoms with Gasteiger partial charge < -0.3 is 15.0 Å². The number of benzene rings is 1. The minimum absolute atomic E-state index is 0.0302. The molecule has 138 valence electrons. The largest absolute Gasteiger partial charge is 0.378 e. The number of morpholine rings is 1. The SMILES string of the molecule is O=C(CSc1nnc(N2CCOCC2)n1C1CC1)Nc1ccccc1I. The van der Waals surface area contributed by atoms with Crippen molar-refractivity contribution in [2.24, 2.45) is 0 Å². The van der Waals surface area contributed by atoms with Crippen molar-refractivity contribution >= 4 is 51.9 Å². The van der Waals surface area contributed by atoms with Gasteiger partial charge in [0.05, 0.1) is 24.7 Å². The highest BCUT2D eigenvalue weighted by Crippen LogP contribution is 2.41. The third-order valence-electron chi connectivity index (χ3n) is 4.33. The summed E-state index contributed by atoms with van der Waals surface area (Å²) in [6, 6.07) is 8.22. The van der Waals surface area contributed by atoms with Gasteiger partial charge in [0.25, 0.3) is 0 Å². The third-order valence-corrected chi connectivity index (χ3v) is 6.22. The second kappa shape index (κ2) is 8.13. The Labute approximate surface area is 170 Å². The minimum atomic E-state index is -0.0302. The van der Waals surface area contributed by atoms with E-state index in [1.165, 1.54) is 11.8 Å². The summed E-state index contributed by atoms with van der Waals surface area (Å²) < 4.78 is 8.66. The predicted molar refractivity (Wildman–Crippen MR) is 110 cm³/mol. The van der Waals surface area contributed by atoms with Crippen LogP contribution in [0.3, 0.4) is 0 Å². The van der Waals surface area contributed by atoms with Crippen molar-refractivity contribution in [3.8, 4) is 0 Å². The molecule has 1 aromatic heterocycles. The Morgan fingerprint density at radius 2 is 2.04 bits per heavy atom. The van der Waals surface area contributed by atoms with Crippen molar-refractivity contribution in [3.05, 3.63) is 27.8 Å². The van der Waals surface area contributed by atoms with Gasteiger partial charge in [-0.2, -0.15) is 0 Å². The molecule has 1 saturated carbocycles. The highest BCUT2D eigenvalue weighted by Gasteiger charge is 2.32. The van der Waals surface area contributed by atoms with E-state index in [9.17, 15) is 4.79 Å². The topological polar surface area (TPSA) is 72.3 Å². The molecule has 0 atom stereocenters. The predicted octanol–water partition coefficient (Wildman–Crippen LogP) is 2.79. The van der Waals surface area contributed by atoms with Crippen LogP contribution in [0.1, 0.15) is 18.9 Å². The number of hydrogen-bond donors (Lipinski definition) is 1. The molecule has 1 aliphatic carbocycles. The lowest BCUT2D eigenvalue weighted by Crippen LogP contribution is -2.38. The van der Waals surface area contributed by atoms with Crippen LogP contribution in [0, 0.1) is 3.57 Å². The van der Waals surface area contributed by atoms with Gasteiger partial charge in [-0.1, -0.05) is 23.9 Å². The van der Waals surface area contributed by atoms with Crippen molar-refractivity contribution in [2.45, 2.75) is 24.0 Å². The summed E-state index contributed by atoms with van der Waals surface area (Å²) in [7, 11) is 0. The molecule has 2 fully saturated rings. The number of anilines is 2. The maximum absolute atomic E-state index is 12.3. The first-order valence-corrected chi connectivity index (χ1v) is 10.7. The molecule has 1 N–H and O–H groups in total. The number of ether oxygens (including phenoxy) is 1. The lowest BCUT2D eigenvalue weighted by atomic mass is 10.3. The zero-order valence-corrected chi connectivity index (χ0v) is 17.2. The molecule has 4 rings (SSSR count). The number of nitrogens with zero attached hydrogens (tertiary/aromatic N) is 4. The van der Waals surface area contributed by atoms with Gasteiger partial charge in [-0.25, -0.2) is 0 Å². The first-order chi connectivity index (χ1) is 12.7. The van der Waals surface area contributed by atoms with E-state index in [4.69, 9.17) is 4.74 Å². The van der Waals surface area contributed by atoms with Gasteiger partial charge in [0.2, 0.25) is 11.9 Å². The molecule has 2 heterocycles. The third kappa shape index (κ3) is 4.15. The number of aromatic nitrogens is 3. The van der Waals surface area contributed by atoms with E-state index in [2.05, 4.69) is 47.6 Å². The molecule has 0 radical (unpaired) electrons. The number of nitrogens with one attached hydrogen (secondary N) is 1. The molecule has 2 aromatic rings. The fraction of sp³-hybridized carbons (Fsp3) is 0.471. The summed E-state index contributed by atoms with van der Waals surface area (Å²) >= 11 is 3.67. The van der Waals surface area contributed by atoms with Crippen LogP contribution in [0.4, 0.5) is 11.6 Å². The van der Waals surface area contributed by atoms with Crippen LogP contribution in [0.25, 0.3) is 0 Å². The van der Waals surface area contributed by atoms with Crippen LogP contribution in [0.15, 0.2) is 29.4 Å². The summed E-state index contributed by atoms with van der Waals surface area (Å²) in [5.74, 6) is 1.20. The fourth-order valence-corrected chi connectivity index (χ4v) is 4.20. The Kier molecular flexibility index (Phi) is 5.65. The fourth-order valence-electron chi connectivity index (χ4n) is 2.88. The van der Waals surface area contributed by atoms with E-state index in [0.717, 1.165) is 59.5 Å². The van der Waals surface area contributed by atoms with E-state index in [-0.39, 0.29) is 5.91 Å². The van der Waals surface area contributed by atoms with Crippen LogP contribution in [-0.4, -0.2) is 52.7 Å². The van der Waals surface area contributed by atoms with E-state index in [1.807, 2.05) is 24.3 Å². The summed E-state index contributed by atoms with van der Waals surface area (Å²) in [6.45, 7) is 3.11. The molecule has 1 aliphatic heterocycles. The second-order valence-electron chi connectivity index (χ2n) is 6.30. The van der Waals surface area contributed by atoms with Crippen molar-refractivity contribution in [1.29, 1.82) is 0 Å². The van der Waals surface area contributed by atoms with Crippen molar-refractivity contribution in [2.75, 3.05) is 42.3 Å². The number of halogens is 1. The lowest BCUT2D eigenvalue weighted by molar-refractivity contribution is -0.113. The lowest BCUT2D eigenvalue weighted by Gasteiger charge is -2.27. The van der Waals surface area contributed by atoms with Crippen LogP contribution < -0.4 is 10.2 Å². The minimum Gasteiger partial charge on any atom is -0.378 e. The standard InChI is InChI=1S/C17H20IN5O2S/c18-13-3-1-2-4-14(13)19-15(24)11-26-17-21-20-16(23(17)12-5-6-12)22-7-9-25-10-8-22/h1-4,12H,5-11H2,(H,19,24). The Hall–Kier alpha value is -1.33. The maximum Gasteiger partial charge on any atom is 0.234 e. The quantitative estimate of drug-likeness (QED) is 0.502. The van der Waals surface area contributed by atoms with Gasteiger partial charge in [0.15, 0.2) is 5.16 Å². The number of para-hydroxylation sites is 1. The highest BCUT2D eigenvalue weighted by atomic mass is 127. The van der Waals surface area contributed by atoms with E-state index in [0.29, 0.717) is 11.8 Å². The Balaban J connectivity index is 1.42. The molecule has 26 heavy (non-hydrogen) atoms. The van der Waals surface area contributed by atoms with Gasteiger partial charge in [-0.3, -0.25) is 9.36 Å². The molecule has 2 aliphatic rings. The summed E-state index contributed by atoms with van der Waals surface area (Å²) in [5, 5.41) is 12.6. The molecule has 1 amide bonds. The number of rotatable bonds is 6. The molecule has 1 aromatic carbocycles. The smallest absolute Gasteiger partial charge is 0.234 e. The molecule has 7 nitrogen and oxygen atoms in total. The molecule has 0 unspecified atom stereocenters. The van der Waals surface area contributed by atoms with Gasteiger partial charge in [0, 0.05) is 22.7 Å². The molecule has 0 bridgehead atoms. The Morgan fingerprint density at radius 1 is 1.27 bits per heavy atom. The van der Waals surface area contributed by atoms with E-state index < -0.39 is 0 Å². The van der Waals surface area contributed by atoms with Crippen LogP contribution in [0.2, 0.25) is 0 Å². The molecule has 1 saturated heterocycles. The van der Waals surface area contributed by atoms with Crippen LogP contribution in [-0.2, 0) is 9.53 Å². The monoisotopic (exact) mass is 485 g/mol. The highest BCUT2D eigenvalue weighted by molar-refractivity contribution is 14.1. The Morgan fingerprint density at radius 3 is 2.77 bits per heavy atom. The molecular weight excluding hydrogens is 465 g/mol. The molecular formula is C17H20IN5O2S. The zero-order chi connectivity index (χ0) is 17.9. The summed E-state index contributed by atoms with van der Waals surface area (Å²) in [6.07, 6.45) is 2.30. The number of thioether (sulfide) groups is 1. The first kappa shape index (κ1) is 18.1. The van der Waals surface area contributed by atoms with Crippen molar-refractivity contribution in [3.63, 3.8) is 0 Å². The van der Waals surface area contributed by atoms with Gasteiger partial charge in [-0.05, 0) is 47.6 Å². The molecule has 0 spiro atoms. The zero-order valence-electron chi connectivity index (χ0n) is 14.2. The normalized spacial score (nSPS) is 17.3. The maximum atomic E-state index is 12.3.